The number of aromatic amines is 1. The highest BCUT2D eigenvalue weighted by Crippen LogP contribution is 2.30. The number of carbonyl (C=O) groups is 1. The van der Waals surface area contributed by atoms with Crippen molar-refractivity contribution in [2.75, 3.05) is 13.1 Å². The number of amides is 1. The van der Waals surface area contributed by atoms with Crippen LogP contribution in [0.25, 0.3) is 11.1 Å². The number of piperidine rings is 1. The van der Waals surface area contributed by atoms with Gasteiger partial charge in [-0.25, -0.2) is 4.39 Å². The van der Waals surface area contributed by atoms with Gasteiger partial charge in [0, 0.05) is 36.1 Å². The average molecular weight is 432 g/mol. The molecule has 1 fully saturated rings. The zero-order valence-corrected chi connectivity index (χ0v) is 18.2. The largest absolute Gasteiger partial charge is 0.338 e. The van der Waals surface area contributed by atoms with Crippen molar-refractivity contribution in [2.45, 2.75) is 44.9 Å². The summed E-state index contributed by atoms with van der Waals surface area (Å²) >= 11 is 0. The number of hydrogen-bond donors (Lipinski definition) is 1. The number of halogens is 1. The van der Waals surface area contributed by atoms with E-state index in [1.165, 1.54) is 12.1 Å². The number of likely N-dealkylation sites (tertiary alicyclic amines) is 1. The predicted molar refractivity (Wildman–Crippen MR) is 121 cm³/mol. The molecular weight excluding hydrogens is 405 g/mol. The molecule has 1 saturated heterocycles. The lowest BCUT2D eigenvalue weighted by atomic mass is 9.91. The topological polar surface area (TPSA) is 66.1 Å². The van der Waals surface area contributed by atoms with Crippen LogP contribution in [0.2, 0.25) is 0 Å². The second kappa shape index (κ2) is 8.34. The van der Waals surface area contributed by atoms with E-state index in [1.54, 1.807) is 23.1 Å². The zero-order chi connectivity index (χ0) is 22.2. The molecule has 3 heterocycles. The minimum absolute atomic E-state index is 0.0975. The van der Waals surface area contributed by atoms with E-state index in [1.807, 2.05) is 19.1 Å². The molecule has 6 heteroatoms. The van der Waals surface area contributed by atoms with Crippen LogP contribution < -0.4 is 5.56 Å². The van der Waals surface area contributed by atoms with Crippen molar-refractivity contribution >= 4 is 5.91 Å². The second-order valence-corrected chi connectivity index (χ2v) is 8.89. The van der Waals surface area contributed by atoms with Gasteiger partial charge in [0.25, 0.3) is 11.5 Å². The molecule has 1 N–H and O–H groups in total. The van der Waals surface area contributed by atoms with Crippen molar-refractivity contribution in [3.63, 3.8) is 0 Å². The van der Waals surface area contributed by atoms with Crippen molar-refractivity contribution in [1.29, 1.82) is 0 Å². The van der Waals surface area contributed by atoms with Crippen LogP contribution in [0.1, 0.15) is 58.2 Å². The number of nitrogens with one attached hydrogen (secondary N) is 1. The first-order valence-electron chi connectivity index (χ1n) is 11.3. The molecule has 1 amide bonds. The summed E-state index contributed by atoms with van der Waals surface area (Å²) in [6.45, 7) is 3.13. The Balaban J connectivity index is 1.40. The van der Waals surface area contributed by atoms with E-state index in [0.29, 0.717) is 13.1 Å². The minimum Gasteiger partial charge on any atom is -0.338 e. The molecule has 0 radical (unpaired) electrons. The van der Waals surface area contributed by atoms with Crippen LogP contribution in [0.3, 0.4) is 0 Å². The van der Waals surface area contributed by atoms with Gasteiger partial charge in [-0.2, -0.15) is 0 Å². The highest BCUT2D eigenvalue weighted by Gasteiger charge is 2.29. The lowest BCUT2D eigenvalue weighted by molar-refractivity contribution is 0.0704. The van der Waals surface area contributed by atoms with Gasteiger partial charge in [-0.05, 0) is 86.1 Å². The van der Waals surface area contributed by atoms with Crippen molar-refractivity contribution < 1.29 is 9.18 Å². The Morgan fingerprint density at radius 2 is 1.91 bits per heavy atom. The molecule has 3 aromatic rings. The molecule has 2 aromatic heterocycles. The summed E-state index contributed by atoms with van der Waals surface area (Å²) < 4.78 is 13.3. The quantitative estimate of drug-likeness (QED) is 0.669. The number of hydrogen-bond acceptors (Lipinski definition) is 3. The molecule has 1 aliphatic carbocycles. The van der Waals surface area contributed by atoms with Gasteiger partial charge in [-0.1, -0.05) is 12.1 Å². The SMILES string of the molecule is Cc1cc(-c2ccc(F)cc2)cc([C@H]2CCCN(C(=O)c3cc4c([nH]c3=O)CCC4)C2)n1. The third-order valence-corrected chi connectivity index (χ3v) is 6.60. The fourth-order valence-corrected chi connectivity index (χ4v) is 4.96. The Hall–Kier alpha value is -3.28. The van der Waals surface area contributed by atoms with E-state index in [9.17, 15) is 14.0 Å². The number of H-pyrrole nitrogens is 1. The van der Waals surface area contributed by atoms with Gasteiger partial charge >= 0.3 is 0 Å². The van der Waals surface area contributed by atoms with E-state index < -0.39 is 0 Å². The summed E-state index contributed by atoms with van der Waals surface area (Å²) in [5.74, 6) is -0.361. The van der Waals surface area contributed by atoms with Gasteiger partial charge in [-0.15, -0.1) is 0 Å². The Bertz CT molecular complexity index is 1230. The number of aryl methyl sites for hydroxylation is 3. The van der Waals surface area contributed by atoms with Gasteiger partial charge in [-0.3, -0.25) is 14.6 Å². The van der Waals surface area contributed by atoms with Gasteiger partial charge < -0.3 is 9.88 Å². The fraction of sp³-hybridized carbons (Fsp3) is 0.346. The van der Waals surface area contributed by atoms with Crippen LogP contribution in [0, 0.1) is 12.7 Å². The summed E-state index contributed by atoms with van der Waals surface area (Å²) in [5.41, 5.74) is 5.77. The maximum absolute atomic E-state index is 13.3. The van der Waals surface area contributed by atoms with E-state index in [0.717, 1.165) is 65.9 Å². The van der Waals surface area contributed by atoms with E-state index in [2.05, 4.69) is 4.98 Å². The fourth-order valence-electron chi connectivity index (χ4n) is 4.96. The molecule has 2 aliphatic rings. The first kappa shape index (κ1) is 20.6. The van der Waals surface area contributed by atoms with Crippen LogP contribution >= 0.6 is 0 Å². The zero-order valence-electron chi connectivity index (χ0n) is 18.2. The molecule has 1 aliphatic heterocycles. The number of nitrogens with zero attached hydrogens (tertiary/aromatic N) is 2. The molecule has 164 valence electrons. The Kier molecular flexibility index (Phi) is 5.37. The molecule has 0 bridgehead atoms. The molecule has 5 rings (SSSR count). The van der Waals surface area contributed by atoms with Gasteiger partial charge in [0.15, 0.2) is 0 Å². The highest BCUT2D eigenvalue weighted by molar-refractivity contribution is 5.94. The molecule has 0 spiro atoms. The summed E-state index contributed by atoms with van der Waals surface area (Å²) in [7, 11) is 0. The first-order valence-corrected chi connectivity index (χ1v) is 11.3. The third-order valence-electron chi connectivity index (χ3n) is 6.60. The van der Waals surface area contributed by atoms with E-state index in [4.69, 9.17) is 4.98 Å². The van der Waals surface area contributed by atoms with Crippen LogP contribution in [0.4, 0.5) is 4.39 Å². The van der Waals surface area contributed by atoms with Gasteiger partial charge in [0.05, 0.1) is 0 Å². The Labute approximate surface area is 186 Å². The van der Waals surface area contributed by atoms with Crippen molar-refractivity contribution in [1.82, 2.24) is 14.9 Å². The highest BCUT2D eigenvalue weighted by atomic mass is 19.1. The van der Waals surface area contributed by atoms with E-state index >= 15 is 0 Å². The number of aromatic nitrogens is 2. The van der Waals surface area contributed by atoms with Gasteiger partial charge in [0.2, 0.25) is 0 Å². The molecular formula is C26H26FN3O2. The lowest BCUT2D eigenvalue weighted by Gasteiger charge is -2.32. The maximum Gasteiger partial charge on any atom is 0.261 e. The van der Waals surface area contributed by atoms with Crippen LogP contribution in [0.15, 0.2) is 47.3 Å². The van der Waals surface area contributed by atoms with Crippen molar-refractivity contribution in [3.8, 4) is 11.1 Å². The maximum atomic E-state index is 13.3. The molecule has 1 aromatic carbocycles. The Morgan fingerprint density at radius 3 is 2.72 bits per heavy atom. The lowest BCUT2D eigenvalue weighted by Crippen LogP contribution is -2.41. The summed E-state index contributed by atoms with van der Waals surface area (Å²) in [6.07, 6.45) is 4.60. The number of pyridine rings is 2. The number of rotatable bonds is 3. The van der Waals surface area contributed by atoms with Crippen molar-refractivity contribution in [2.24, 2.45) is 0 Å². The van der Waals surface area contributed by atoms with Gasteiger partial charge in [0.1, 0.15) is 11.4 Å². The predicted octanol–water partition coefficient (Wildman–Crippen LogP) is 4.39. The molecule has 0 unspecified atom stereocenters. The molecule has 32 heavy (non-hydrogen) atoms. The summed E-state index contributed by atoms with van der Waals surface area (Å²) in [6, 6.07) is 12.3. The standard InChI is InChI=1S/C26H26FN3O2/c1-16-12-20(17-7-9-21(27)10-8-17)14-24(28-16)19-5-3-11-30(15-19)26(32)22-13-18-4-2-6-23(18)29-25(22)31/h7-10,12-14,19H,2-6,11,15H2,1H3,(H,29,31)/t19-/m0/s1. The van der Waals surface area contributed by atoms with Crippen LogP contribution in [-0.2, 0) is 12.8 Å². The van der Waals surface area contributed by atoms with Crippen LogP contribution in [-0.4, -0.2) is 33.9 Å². The number of benzene rings is 1. The molecule has 1 atom stereocenters. The summed E-state index contributed by atoms with van der Waals surface area (Å²) in [4.78, 5) is 35.2. The number of carbonyl (C=O) groups excluding carboxylic acids is 1. The van der Waals surface area contributed by atoms with Crippen molar-refractivity contribution in [3.05, 3.63) is 86.8 Å². The minimum atomic E-state index is -0.287. The smallest absolute Gasteiger partial charge is 0.261 e. The first-order chi connectivity index (χ1) is 15.5. The second-order valence-electron chi connectivity index (χ2n) is 8.89. The van der Waals surface area contributed by atoms with Crippen LogP contribution in [0.5, 0.6) is 0 Å². The van der Waals surface area contributed by atoms with E-state index in [-0.39, 0.29) is 28.8 Å². The molecule has 0 saturated carbocycles. The third kappa shape index (κ3) is 3.97. The Morgan fingerprint density at radius 1 is 1.09 bits per heavy atom. The normalized spacial score (nSPS) is 17.9. The average Bonchev–Trinajstić information content (AvgIpc) is 3.25. The summed E-state index contributed by atoms with van der Waals surface area (Å²) in [5, 5.41) is 0. The number of fused-ring (bicyclic) bond motifs is 1. The molecule has 5 nitrogen and oxygen atoms in total. The monoisotopic (exact) mass is 431 g/mol.